The molecule has 0 bridgehead atoms. The largest absolute Gasteiger partial charge is 0.383 e. The number of fused-ring (bicyclic) bond motifs is 1. The quantitative estimate of drug-likeness (QED) is 0.287. The molecular formula is C22H28FN5S. The summed E-state index contributed by atoms with van der Waals surface area (Å²) in [6, 6.07) is 5.71. The molecule has 1 aliphatic rings. The van der Waals surface area contributed by atoms with E-state index < -0.39 is 0 Å². The molecule has 3 aromatic rings. The molecule has 0 unspecified atom stereocenters. The maximum absolute atomic E-state index is 14.7. The van der Waals surface area contributed by atoms with Gasteiger partial charge in [-0.05, 0) is 37.0 Å². The van der Waals surface area contributed by atoms with Gasteiger partial charge in [0.2, 0.25) is 0 Å². The van der Waals surface area contributed by atoms with Crippen molar-refractivity contribution in [2.45, 2.75) is 57.9 Å². The van der Waals surface area contributed by atoms with Crippen LogP contribution in [-0.2, 0) is 0 Å². The van der Waals surface area contributed by atoms with E-state index in [1.165, 1.54) is 44.0 Å². The second-order valence-electron chi connectivity index (χ2n) is 7.70. The van der Waals surface area contributed by atoms with Crippen molar-refractivity contribution in [2.75, 3.05) is 16.2 Å². The second kappa shape index (κ2) is 9.03. The van der Waals surface area contributed by atoms with Gasteiger partial charge in [-0.3, -0.25) is 0 Å². The molecule has 2 heterocycles. The summed E-state index contributed by atoms with van der Waals surface area (Å²) >= 11 is 1.52. The average molecular weight is 414 g/mol. The van der Waals surface area contributed by atoms with Crippen LogP contribution in [0, 0.1) is 5.82 Å². The number of halogens is 1. The molecule has 29 heavy (non-hydrogen) atoms. The van der Waals surface area contributed by atoms with Crippen LogP contribution in [0.5, 0.6) is 0 Å². The fourth-order valence-corrected chi connectivity index (χ4v) is 4.77. The van der Waals surface area contributed by atoms with Crippen LogP contribution < -0.4 is 10.5 Å². The van der Waals surface area contributed by atoms with Crippen LogP contribution in [0.1, 0.15) is 57.9 Å². The molecule has 0 amide bonds. The van der Waals surface area contributed by atoms with E-state index in [4.69, 9.17) is 5.73 Å². The van der Waals surface area contributed by atoms with Gasteiger partial charge < -0.3 is 15.0 Å². The zero-order valence-electron chi connectivity index (χ0n) is 16.8. The van der Waals surface area contributed by atoms with Gasteiger partial charge in [-0.25, -0.2) is 14.4 Å². The Balaban J connectivity index is 1.74. The Hall–Kier alpha value is -2.28. The molecular weight excluding hydrogens is 385 g/mol. The molecule has 2 aromatic heterocycles. The fraction of sp³-hybridized carbons (Fsp3) is 0.455. The summed E-state index contributed by atoms with van der Waals surface area (Å²) in [5, 5.41) is 0.817. The molecule has 1 aliphatic carbocycles. The lowest BCUT2D eigenvalue weighted by Gasteiger charge is -2.17. The number of nitrogens with zero attached hydrogens (tertiary/aromatic N) is 3. The molecule has 4 rings (SSSR count). The van der Waals surface area contributed by atoms with Crippen LogP contribution in [0.15, 0.2) is 30.7 Å². The lowest BCUT2D eigenvalue weighted by atomic mass is 10.1. The summed E-state index contributed by atoms with van der Waals surface area (Å²) < 4.78 is 20.1. The maximum atomic E-state index is 14.7. The van der Waals surface area contributed by atoms with Crippen molar-refractivity contribution in [3.8, 4) is 11.1 Å². The third kappa shape index (κ3) is 4.20. The Morgan fingerprint density at radius 1 is 1.21 bits per heavy atom. The number of hydrogen-bond acceptors (Lipinski definition) is 5. The molecule has 3 N–H and O–H groups in total. The number of nitrogens with two attached hydrogens (primary N) is 1. The lowest BCUT2D eigenvalue weighted by molar-refractivity contribution is 0.454. The standard InChI is InChI=1S/C22H28FN5S/c1-2-11-29-27-19-10-9-15(12-18(19)23)17-13-28(16-7-5-3-4-6-8-16)22-20(17)21(24)25-14-26-22/h9-10,12-14,16,27H,2-8,11H2,1H3,(H2,24,25,26). The van der Waals surface area contributed by atoms with E-state index >= 15 is 0 Å². The number of rotatable bonds is 6. The fourth-order valence-electron chi connectivity index (χ4n) is 4.14. The van der Waals surface area contributed by atoms with E-state index in [0.29, 0.717) is 17.5 Å². The number of nitrogen functional groups attached to an aromatic ring is 1. The lowest BCUT2D eigenvalue weighted by Crippen LogP contribution is -2.07. The van der Waals surface area contributed by atoms with Gasteiger partial charge in [0.15, 0.2) is 0 Å². The zero-order chi connectivity index (χ0) is 20.2. The number of hydrogen-bond donors (Lipinski definition) is 2. The number of anilines is 2. The topological polar surface area (TPSA) is 68.8 Å². The van der Waals surface area contributed by atoms with Crippen molar-refractivity contribution in [3.63, 3.8) is 0 Å². The van der Waals surface area contributed by atoms with Gasteiger partial charge in [0.25, 0.3) is 0 Å². The van der Waals surface area contributed by atoms with E-state index in [1.807, 2.05) is 6.07 Å². The first-order chi connectivity index (χ1) is 14.2. The molecule has 0 radical (unpaired) electrons. The average Bonchev–Trinajstić information content (AvgIpc) is 2.91. The van der Waals surface area contributed by atoms with Crippen molar-refractivity contribution >= 4 is 34.5 Å². The highest BCUT2D eigenvalue weighted by Crippen LogP contribution is 2.38. The first-order valence-electron chi connectivity index (χ1n) is 10.5. The monoisotopic (exact) mass is 413 g/mol. The molecule has 0 aliphatic heterocycles. The molecule has 5 nitrogen and oxygen atoms in total. The van der Waals surface area contributed by atoms with Gasteiger partial charge in [-0.15, -0.1) is 0 Å². The normalized spacial score (nSPS) is 15.5. The first-order valence-corrected chi connectivity index (χ1v) is 11.5. The van der Waals surface area contributed by atoms with Crippen LogP contribution in [-0.4, -0.2) is 20.3 Å². The zero-order valence-corrected chi connectivity index (χ0v) is 17.6. The van der Waals surface area contributed by atoms with Crippen LogP contribution in [0.2, 0.25) is 0 Å². The Bertz CT molecular complexity index is 979. The van der Waals surface area contributed by atoms with E-state index in [1.54, 1.807) is 12.1 Å². The van der Waals surface area contributed by atoms with Gasteiger partial charge in [-0.2, -0.15) is 0 Å². The number of benzene rings is 1. The van der Waals surface area contributed by atoms with E-state index in [0.717, 1.165) is 47.2 Å². The summed E-state index contributed by atoms with van der Waals surface area (Å²) in [5.74, 6) is 1.11. The molecule has 0 saturated heterocycles. The van der Waals surface area contributed by atoms with E-state index in [-0.39, 0.29) is 5.82 Å². The Kier molecular flexibility index (Phi) is 6.23. The maximum Gasteiger partial charge on any atom is 0.147 e. The first kappa shape index (κ1) is 20.0. The predicted molar refractivity (Wildman–Crippen MR) is 120 cm³/mol. The highest BCUT2D eigenvalue weighted by molar-refractivity contribution is 8.00. The minimum Gasteiger partial charge on any atom is -0.383 e. The van der Waals surface area contributed by atoms with Gasteiger partial charge in [0, 0.05) is 23.6 Å². The summed E-state index contributed by atoms with van der Waals surface area (Å²) in [7, 11) is 0. The van der Waals surface area contributed by atoms with Crippen LogP contribution in [0.3, 0.4) is 0 Å². The van der Waals surface area contributed by atoms with Crippen molar-refractivity contribution in [3.05, 3.63) is 36.5 Å². The highest BCUT2D eigenvalue weighted by Gasteiger charge is 2.21. The Morgan fingerprint density at radius 2 is 2.00 bits per heavy atom. The van der Waals surface area contributed by atoms with Crippen LogP contribution >= 0.6 is 11.9 Å². The van der Waals surface area contributed by atoms with Crippen molar-refractivity contribution in [2.24, 2.45) is 0 Å². The summed E-state index contributed by atoms with van der Waals surface area (Å²) in [5.41, 5.74) is 9.29. The van der Waals surface area contributed by atoms with Crippen LogP contribution in [0.4, 0.5) is 15.9 Å². The third-order valence-electron chi connectivity index (χ3n) is 5.63. The Morgan fingerprint density at radius 3 is 2.72 bits per heavy atom. The summed E-state index contributed by atoms with van der Waals surface area (Å²) in [6.45, 7) is 2.10. The predicted octanol–water partition coefficient (Wildman–Crippen LogP) is 6.19. The van der Waals surface area contributed by atoms with E-state index in [9.17, 15) is 4.39 Å². The molecule has 0 spiro atoms. The van der Waals surface area contributed by atoms with Crippen molar-refractivity contribution in [1.29, 1.82) is 0 Å². The smallest absolute Gasteiger partial charge is 0.147 e. The molecule has 1 aromatic carbocycles. The van der Waals surface area contributed by atoms with Crippen molar-refractivity contribution in [1.82, 2.24) is 14.5 Å². The van der Waals surface area contributed by atoms with E-state index in [2.05, 4.69) is 32.4 Å². The Labute approximate surface area is 175 Å². The molecule has 1 saturated carbocycles. The number of nitrogens with one attached hydrogen (secondary N) is 1. The molecule has 7 heteroatoms. The van der Waals surface area contributed by atoms with Gasteiger partial charge in [-0.1, -0.05) is 50.6 Å². The third-order valence-corrected chi connectivity index (χ3v) is 6.60. The summed E-state index contributed by atoms with van der Waals surface area (Å²) in [4.78, 5) is 8.75. The molecule has 0 atom stereocenters. The van der Waals surface area contributed by atoms with Crippen molar-refractivity contribution < 1.29 is 4.39 Å². The second-order valence-corrected chi connectivity index (χ2v) is 8.60. The van der Waals surface area contributed by atoms with Crippen LogP contribution in [0.25, 0.3) is 22.2 Å². The minimum absolute atomic E-state index is 0.267. The minimum atomic E-state index is -0.267. The van der Waals surface area contributed by atoms with Gasteiger partial charge in [0.1, 0.15) is 23.6 Å². The van der Waals surface area contributed by atoms with Gasteiger partial charge in [0.05, 0.1) is 11.1 Å². The molecule has 1 fully saturated rings. The number of aromatic nitrogens is 3. The molecule has 154 valence electrons. The SMILES string of the molecule is CCCSNc1ccc(-c2cn(C3CCCCCC3)c3ncnc(N)c23)cc1F. The highest BCUT2D eigenvalue weighted by atomic mass is 32.2. The summed E-state index contributed by atoms with van der Waals surface area (Å²) in [6.07, 6.45) is 12.0. The van der Waals surface area contributed by atoms with Gasteiger partial charge >= 0.3 is 0 Å².